The summed E-state index contributed by atoms with van der Waals surface area (Å²) in [5.41, 5.74) is -0.00799. The molecule has 0 bridgehead atoms. The van der Waals surface area contributed by atoms with Gasteiger partial charge in [-0.2, -0.15) is 0 Å². The molecule has 1 rings (SSSR count). The minimum absolute atomic E-state index is 0.00799. The van der Waals surface area contributed by atoms with Gasteiger partial charge in [0, 0.05) is 18.6 Å². The van der Waals surface area contributed by atoms with Crippen molar-refractivity contribution in [3.05, 3.63) is 54.2 Å². The minimum atomic E-state index is -0.233. The first-order valence-corrected chi connectivity index (χ1v) is 10.7. The smallest absolute Gasteiger partial charge is 0.170 e. The SMILES string of the molecule is CC/C=C\C/C=C\C/C=C\CCCCCCCC(=O)c1c(O)cc(OC)cc1O. The number of Topliss-reactive ketones (excluding diaryl/α,β-unsaturated/α-hetero) is 1. The summed E-state index contributed by atoms with van der Waals surface area (Å²) in [6, 6.07) is 2.69. The maximum absolute atomic E-state index is 12.2. The second kappa shape index (κ2) is 15.4. The number of phenolic OH excluding ortho intramolecular Hbond substituents is 2. The average Bonchev–Trinajstić information content (AvgIpc) is 2.70. The van der Waals surface area contributed by atoms with Gasteiger partial charge in [-0.25, -0.2) is 0 Å². The maximum atomic E-state index is 12.2. The number of allylic oxidation sites excluding steroid dienone is 6. The molecule has 0 aromatic heterocycles. The summed E-state index contributed by atoms with van der Waals surface area (Å²) >= 11 is 0. The van der Waals surface area contributed by atoms with E-state index in [0.717, 1.165) is 57.8 Å². The fourth-order valence-electron chi connectivity index (χ4n) is 3.02. The minimum Gasteiger partial charge on any atom is -0.507 e. The highest BCUT2D eigenvalue weighted by Gasteiger charge is 2.17. The van der Waals surface area contributed by atoms with Gasteiger partial charge in [0.05, 0.1) is 7.11 Å². The van der Waals surface area contributed by atoms with Crippen molar-refractivity contribution in [1.29, 1.82) is 0 Å². The molecule has 0 aliphatic heterocycles. The molecule has 0 unspecified atom stereocenters. The Bertz CT molecular complexity index is 663. The van der Waals surface area contributed by atoms with E-state index in [0.29, 0.717) is 12.2 Å². The molecule has 160 valence electrons. The molecule has 0 aliphatic rings. The quantitative estimate of drug-likeness (QED) is 0.191. The summed E-state index contributed by atoms with van der Waals surface area (Å²) in [4.78, 5) is 12.2. The lowest BCUT2D eigenvalue weighted by Gasteiger charge is -2.09. The largest absolute Gasteiger partial charge is 0.507 e. The predicted octanol–water partition coefficient (Wildman–Crippen LogP) is 6.88. The fourth-order valence-corrected chi connectivity index (χ4v) is 3.02. The third-order valence-electron chi connectivity index (χ3n) is 4.64. The van der Waals surface area contributed by atoms with Gasteiger partial charge in [0.15, 0.2) is 5.78 Å². The van der Waals surface area contributed by atoms with Gasteiger partial charge in [-0.15, -0.1) is 0 Å². The molecule has 1 aromatic rings. The first-order valence-electron chi connectivity index (χ1n) is 10.7. The Morgan fingerprint density at radius 2 is 1.41 bits per heavy atom. The van der Waals surface area contributed by atoms with Crippen molar-refractivity contribution >= 4 is 5.78 Å². The Kier molecular flexibility index (Phi) is 13.1. The molecule has 0 aliphatic carbocycles. The van der Waals surface area contributed by atoms with Crippen LogP contribution in [0.5, 0.6) is 17.2 Å². The second-order valence-electron chi connectivity index (χ2n) is 7.06. The Morgan fingerprint density at radius 3 is 2.03 bits per heavy atom. The normalized spacial score (nSPS) is 11.8. The van der Waals surface area contributed by atoms with E-state index in [1.165, 1.54) is 19.2 Å². The molecule has 0 saturated heterocycles. The van der Waals surface area contributed by atoms with Crippen LogP contribution in [0.3, 0.4) is 0 Å². The van der Waals surface area contributed by atoms with E-state index in [-0.39, 0.29) is 22.8 Å². The van der Waals surface area contributed by atoms with Crippen LogP contribution >= 0.6 is 0 Å². The van der Waals surface area contributed by atoms with Crippen LogP contribution in [0.25, 0.3) is 0 Å². The molecule has 0 fully saturated rings. The molecular weight excluding hydrogens is 364 g/mol. The zero-order chi connectivity index (χ0) is 21.3. The molecule has 2 N–H and O–H groups in total. The number of phenols is 2. The molecule has 0 saturated carbocycles. The number of ether oxygens (including phenoxy) is 1. The van der Waals surface area contributed by atoms with Crippen molar-refractivity contribution in [3.8, 4) is 17.2 Å². The summed E-state index contributed by atoms with van der Waals surface area (Å²) in [5, 5.41) is 19.8. The zero-order valence-electron chi connectivity index (χ0n) is 17.9. The third kappa shape index (κ3) is 10.6. The van der Waals surface area contributed by atoms with Gasteiger partial charge < -0.3 is 14.9 Å². The van der Waals surface area contributed by atoms with Crippen LogP contribution in [0.2, 0.25) is 0 Å². The number of hydrogen-bond donors (Lipinski definition) is 2. The van der Waals surface area contributed by atoms with E-state index < -0.39 is 0 Å². The van der Waals surface area contributed by atoms with E-state index in [2.05, 4.69) is 43.4 Å². The molecule has 0 amide bonds. The van der Waals surface area contributed by atoms with Gasteiger partial charge >= 0.3 is 0 Å². The number of hydrogen-bond acceptors (Lipinski definition) is 4. The highest BCUT2D eigenvalue weighted by Crippen LogP contribution is 2.33. The summed E-state index contributed by atoms with van der Waals surface area (Å²) in [6.07, 6.45) is 22.9. The molecule has 1 aromatic carbocycles. The number of rotatable bonds is 15. The molecule has 0 spiro atoms. The Hall–Kier alpha value is -2.49. The number of aromatic hydroxyl groups is 2. The monoisotopic (exact) mass is 400 g/mol. The average molecular weight is 401 g/mol. The number of carbonyl (C=O) groups is 1. The van der Waals surface area contributed by atoms with E-state index >= 15 is 0 Å². The molecular formula is C25H36O4. The van der Waals surface area contributed by atoms with E-state index in [4.69, 9.17) is 4.74 Å². The first-order chi connectivity index (χ1) is 14.1. The Balaban J connectivity index is 2.11. The van der Waals surface area contributed by atoms with Crippen molar-refractivity contribution in [2.24, 2.45) is 0 Å². The number of carbonyl (C=O) groups excluding carboxylic acids is 1. The highest BCUT2D eigenvalue weighted by atomic mass is 16.5. The number of methoxy groups -OCH3 is 1. The second-order valence-corrected chi connectivity index (χ2v) is 7.06. The van der Waals surface area contributed by atoms with Crippen LogP contribution < -0.4 is 4.74 Å². The number of ketones is 1. The lowest BCUT2D eigenvalue weighted by Crippen LogP contribution is -2.00. The van der Waals surface area contributed by atoms with Crippen molar-refractivity contribution in [2.45, 2.75) is 71.1 Å². The molecule has 29 heavy (non-hydrogen) atoms. The third-order valence-corrected chi connectivity index (χ3v) is 4.64. The fraction of sp³-hybridized carbons (Fsp3) is 0.480. The molecule has 0 heterocycles. The van der Waals surface area contributed by atoms with Crippen LogP contribution in [0.4, 0.5) is 0 Å². The highest BCUT2D eigenvalue weighted by molar-refractivity contribution is 6.01. The summed E-state index contributed by atoms with van der Waals surface area (Å²) in [7, 11) is 1.44. The Labute approximate surface area is 175 Å². The van der Waals surface area contributed by atoms with Gasteiger partial charge in [-0.05, 0) is 38.5 Å². The van der Waals surface area contributed by atoms with E-state index in [9.17, 15) is 15.0 Å². The van der Waals surface area contributed by atoms with Crippen molar-refractivity contribution < 1.29 is 19.7 Å². The molecule has 4 heteroatoms. The summed E-state index contributed by atoms with van der Waals surface area (Å²) in [6.45, 7) is 2.14. The van der Waals surface area contributed by atoms with Gasteiger partial charge in [0.2, 0.25) is 0 Å². The van der Waals surface area contributed by atoms with E-state index in [1.54, 1.807) is 0 Å². The summed E-state index contributed by atoms with van der Waals surface area (Å²) in [5.74, 6) is -0.369. The lowest BCUT2D eigenvalue weighted by molar-refractivity contribution is 0.0973. The van der Waals surface area contributed by atoms with Gasteiger partial charge in [-0.1, -0.05) is 62.6 Å². The lowest BCUT2D eigenvalue weighted by atomic mass is 10.0. The van der Waals surface area contributed by atoms with Crippen LogP contribution in [-0.2, 0) is 0 Å². The van der Waals surface area contributed by atoms with Gasteiger partial charge in [-0.3, -0.25) is 4.79 Å². The molecule has 0 radical (unpaired) electrons. The van der Waals surface area contributed by atoms with Crippen LogP contribution in [0.15, 0.2) is 48.6 Å². The van der Waals surface area contributed by atoms with Crippen LogP contribution in [0, 0.1) is 0 Å². The van der Waals surface area contributed by atoms with Crippen molar-refractivity contribution in [2.75, 3.05) is 7.11 Å². The Morgan fingerprint density at radius 1 is 0.862 bits per heavy atom. The number of unbranched alkanes of at least 4 members (excludes halogenated alkanes) is 5. The van der Waals surface area contributed by atoms with E-state index in [1.807, 2.05) is 0 Å². The zero-order valence-corrected chi connectivity index (χ0v) is 17.9. The van der Waals surface area contributed by atoms with Crippen LogP contribution in [-0.4, -0.2) is 23.1 Å². The van der Waals surface area contributed by atoms with Gasteiger partial charge in [0.25, 0.3) is 0 Å². The standard InChI is InChI=1S/C25H36O4/c1-3-4-5-6-7-8-9-10-11-12-13-14-15-16-17-18-22(26)25-23(27)19-21(29-2)20-24(25)28/h4-5,7-8,10-11,19-20,27-28H,3,6,9,12-18H2,1-2H3/b5-4-,8-7-,11-10-. The first kappa shape index (κ1) is 24.5. The molecule has 0 atom stereocenters. The predicted molar refractivity (Wildman–Crippen MR) is 120 cm³/mol. The van der Waals surface area contributed by atoms with Gasteiger partial charge in [0.1, 0.15) is 22.8 Å². The maximum Gasteiger partial charge on any atom is 0.170 e. The topological polar surface area (TPSA) is 66.8 Å². The molecule has 4 nitrogen and oxygen atoms in total. The summed E-state index contributed by atoms with van der Waals surface area (Å²) < 4.78 is 4.96. The number of benzene rings is 1. The van der Waals surface area contributed by atoms with Crippen molar-refractivity contribution in [3.63, 3.8) is 0 Å². The van der Waals surface area contributed by atoms with Crippen LogP contribution in [0.1, 0.15) is 81.5 Å². The van der Waals surface area contributed by atoms with Crippen molar-refractivity contribution in [1.82, 2.24) is 0 Å².